The van der Waals surface area contributed by atoms with Crippen LogP contribution in [0.25, 0.3) is 11.3 Å². The molecule has 0 aliphatic heterocycles. The van der Waals surface area contributed by atoms with Crippen molar-refractivity contribution < 1.29 is 18.7 Å². The highest BCUT2D eigenvalue weighted by molar-refractivity contribution is 7.10. The van der Waals surface area contributed by atoms with E-state index in [1.165, 1.54) is 34.4 Å². The normalized spacial score (nSPS) is 13.2. The van der Waals surface area contributed by atoms with E-state index in [0.717, 1.165) is 0 Å². The molecule has 2 N–H and O–H groups in total. The SMILES string of the molecule is Cn1nc(-c2ccc(F)cc2)cc1C(=O)NC[C@](O)(c1ccco1)c1cccs1. The summed E-state index contributed by atoms with van der Waals surface area (Å²) in [6.45, 7) is -0.0725. The number of halogens is 1. The quantitative estimate of drug-likeness (QED) is 0.509. The van der Waals surface area contributed by atoms with Gasteiger partial charge in [0.1, 0.15) is 17.3 Å². The fourth-order valence-corrected chi connectivity index (χ4v) is 3.89. The standard InChI is InChI=1S/C21H18FN3O3S/c1-25-17(12-16(24-25)14-6-8-15(22)9-7-14)20(26)23-13-21(27,18-4-2-10-28-18)19-5-3-11-29-19/h2-12,27H,13H2,1H3,(H,23,26)/t21-/m0/s1. The molecule has 0 bridgehead atoms. The molecule has 8 heteroatoms. The second kappa shape index (κ2) is 7.65. The molecular weight excluding hydrogens is 393 g/mol. The van der Waals surface area contributed by atoms with Crippen molar-refractivity contribution in [3.05, 3.63) is 88.4 Å². The van der Waals surface area contributed by atoms with Gasteiger partial charge in [0.05, 0.1) is 18.5 Å². The van der Waals surface area contributed by atoms with Crippen LogP contribution in [0.5, 0.6) is 0 Å². The lowest BCUT2D eigenvalue weighted by Crippen LogP contribution is -2.41. The monoisotopic (exact) mass is 411 g/mol. The largest absolute Gasteiger partial charge is 0.466 e. The minimum absolute atomic E-state index is 0.0725. The van der Waals surface area contributed by atoms with Crippen molar-refractivity contribution in [2.24, 2.45) is 7.05 Å². The lowest BCUT2D eigenvalue weighted by Gasteiger charge is -2.25. The topological polar surface area (TPSA) is 80.3 Å². The van der Waals surface area contributed by atoms with Gasteiger partial charge in [-0.3, -0.25) is 9.48 Å². The number of nitrogens with zero attached hydrogens (tertiary/aromatic N) is 2. The zero-order valence-electron chi connectivity index (χ0n) is 15.5. The van der Waals surface area contributed by atoms with Gasteiger partial charge in [0, 0.05) is 17.5 Å². The molecule has 29 heavy (non-hydrogen) atoms. The lowest BCUT2D eigenvalue weighted by atomic mass is 9.98. The number of aliphatic hydroxyl groups is 1. The zero-order valence-corrected chi connectivity index (χ0v) is 16.3. The van der Waals surface area contributed by atoms with Crippen LogP contribution in [0.2, 0.25) is 0 Å². The average Bonchev–Trinajstić information content (AvgIpc) is 3.48. The first kappa shape index (κ1) is 19.1. The van der Waals surface area contributed by atoms with Crippen molar-refractivity contribution >= 4 is 17.2 Å². The van der Waals surface area contributed by atoms with Crippen LogP contribution in [0.1, 0.15) is 21.1 Å². The average molecular weight is 411 g/mol. The van der Waals surface area contributed by atoms with Gasteiger partial charge in [-0.1, -0.05) is 6.07 Å². The van der Waals surface area contributed by atoms with Gasteiger partial charge >= 0.3 is 0 Å². The van der Waals surface area contributed by atoms with Crippen LogP contribution >= 0.6 is 11.3 Å². The van der Waals surface area contributed by atoms with Crippen molar-refractivity contribution in [1.82, 2.24) is 15.1 Å². The second-order valence-corrected chi connectivity index (χ2v) is 7.49. The van der Waals surface area contributed by atoms with E-state index < -0.39 is 11.5 Å². The van der Waals surface area contributed by atoms with Crippen LogP contribution in [0.3, 0.4) is 0 Å². The smallest absolute Gasteiger partial charge is 0.269 e. The maximum absolute atomic E-state index is 13.1. The van der Waals surface area contributed by atoms with E-state index >= 15 is 0 Å². The summed E-state index contributed by atoms with van der Waals surface area (Å²) in [5, 5.41) is 20.2. The van der Waals surface area contributed by atoms with Crippen molar-refractivity contribution in [3.8, 4) is 11.3 Å². The molecule has 0 fully saturated rings. The third-order valence-corrected chi connectivity index (χ3v) is 5.64. The molecule has 0 saturated heterocycles. The van der Waals surface area contributed by atoms with Crippen molar-refractivity contribution in [2.75, 3.05) is 6.54 Å². The first-order chi connectivity index (χ1) is 14.0. The molecule has 0 spiro atoms. The Bertz CT molecular complexity index is 1070. The number of aryl methyl sites for hydroxylation is 1. The number of amides is 1. The van der Waals surface area contributed by atoms with Gasteiger partial charge in [0.25, 0.3) is 5.91 Å². The first-order valence-electron chi connectivity index (χ1n) is 8.86. The van der Waals surface area contributed by atoms with Gasteiger partial charge in [-0.15, -0.1) is 11.3 Å². The highest BCUT2D eigenvalue weighted by Gasteiger charge is 2.36. The van der Waals surface area contributed by atoms with Crippen LogP contribution in [0.4, 0.5) is 4.39 Å². The van der Waals surface area contributed by atoms with E-state index in [4.69, 9.17) is 4.42 Å². The molecule has 1 atom stereocenters. The summed E-state index contributed by atoms with van der Waals surface area (Å²) in [4.78, 5) is 13.4. The summed E-state index contributed by atoms with van der Waals surface area (Å²) in [5.41, 5.74) is 0.0901. The lowest BCUT2D eigenvalue weighted by molar-refractivity contribution is 0.0551. The molecule has 1 amide bonds. The van der Waals surface area contributed by atoms with Gasteiger partial charge in [0.2, 0.25) is 0 Å². The molecule has 3 aromatic heterocycles. The number of hydrogen-bond donors (Lipinski definition) is 2. The summed E-state index contributed by atoms with van der Waals surface area (Å²) in [7, 11) is 1.65. The van der Waals surface area contributed by atoms with E-state index in [9.17, 15) is 14.3 Å². The van der Waals surface area contributed by atoms with Crippen LogP contribution in [-0.4, -0.2) is 27.3 Å². The molecule has 3 heterocycles. The third kappa shape index (κ3) is 3.72. The molecule has 0 radical (unpaired) electrons. The van der Waals surface area contributed by atoms with Gasteiger partial charge in [-0.05, 0) is 53.9 Å². The molecule has 0 unspecified atom stereocenters. The molecule has 0 aliphatic carbocycles. The summed E-state index contributed by atoms with van der Waals surface area (Å²) in [5.74, 6) is -0.388. The van der Waals surface area contributed by atoms with Crippen molar-refractivity contribution in [2.45, 2.75) is 5.60 Å². The molecule has 0 saturated carbocycles. The molecule has 148 valence electrons. The second-order valence-electron chi connectivity index (χ2n) is 6.54. The summed E-state index contributed by atoms with van der Waals surface area (Å²) < 4.78 is 20.0. The summed E-state index contributed by atoms with van der Waals surface area (Å²) in [6.07, 6.45) is 1.48. The minimum Gasteiger partial charge on any atom is -0.466 e. The van der Waals surface area contributed by atoms with E-state index in [-0.39, 0.29) is 12.4 Å². The number of nitrogens with one attached hydrogen (secondary N) is 1. The van der Waals surface area contributed by atoms with E-state index in [1.807, 2.05) is 11.4 Å². The van der Waals surface area contributed by atoms with Crippen LogP contribution in [0.15, 0.2) is 70.7 Å². The summed E-state index contributed by atoms with van der Waals surface area (Å²) in [6, 6.07) is 14.5. The minimum atomic E-state index is -1.48. The molecule has 0 aliphatic rings. The van der Waals surface area contributed by atoms with Gasteiger partial charge < -0.3 is 14.8 Å². The van der Waals surface area contributed by atoms with Crippen molar-refractivity contribution in [1.29, 1.82) is 0 Å². The molecule has 6 nitrogen and oxygen atoms in total. The number of rotatable bonds is 6. The Morgan fingerprint density at radius 3 is 2.72 bits per heavy atom. The number of thiophene rings is 1. The molecule has 4 aromatic rings. The Balaban J connectivity index is 1.55. The Morgan fingerprint density at radius 2 is 2.07 bits per heavy atom. The van der Waals surface area contributed by atoms with Crippen LogP contribution in [0, 0.1) is 5.82 Å². The molecular formula is C21H18FN3O3S. The maximum Gasteiger partial charge on any atom is 0.269 e. The fourth-order valence-electron chi connectivity index (χ4n) is 3.06. The predicted molar refractivity (Wildman–Crippen MR) is 107 cm³/mol. The van der Waals surface area contributed by atoms with E-state index in [2.05, 4.69) is 10.4 Å². The van der Waals surface area contributed by atoms with Crippen LogP contribution in [-0.2, 0) is 12.6 Å². The zero-order chi connectivity index (χ0) is 20.4. The highest BCUT2D eigenvalue weighted by atomic mass is 32.1. The van der Waals surface area contributed by atoms with E-state index in [0.29, 0.717) is 27.6 Å². The molecule has 4 rings (SSSR count). The number of furan rings is 1. The van der Waals surface area contributed by atoms with Gasteiger partial charge in [0.15, 0.2) is 5.60 Å². The Labute approximate surface area is 170 Å². The van der Waals surface area contributed by atoms with Gasteiger partial charge in [-0.25, -0.2) is 4.39 Å². The number of carbonyl (C=O) groups excluding carboxylic acids is 1. The number of carbonyl (C=O) groups is 1. The maximum atomic E-state index is 13.1. The predicted octanol–water partition coefficient (Wildman–Crippen LogP) is 3.55. The Kier molecular flexibility index (Phi) is 5.04. The Morgan fingerprint density at radius 1 is 1.28 bits per heavy atom. The Hall–Kier alpha value is -3.23. The number of hydrogen-bond acceptors (Lipinski definition) is 5. The first-order valence-corrected chi connectivity index (χ1v) is 9.74. The summed E-state index contributed by atoms with van der Waals surface area (Å²) >= 11 is 1.37. The fraction of sp³-hybridized carbons (Fsp3) is 0.143. The van der Waals surface area contributed by atoms with E-state index in [1.54, 1.807) is 43.4 Å². The number of aromatic nitrogens is 2. The van der Waals surface area contributed by atoms with Crippen molar-refractivity contribution in [3.63, 3.8) is 0 Å². The third-order valence-electron chi connectivity index (χ3n) is 4.61. The molecule has 1 aromatic carbocycles. The number of benzene rings is 1. The highest BCUT2D eigenvalue weighted by Crippen LogP contribution is 2.32. The van der Waals surface area contributed by atoms with Gasteiger partial charge in [-0.2, -0.15) is 5.10 Å². The van der Waals surface area contributed by atoms with Crippen LogP contribution < -0.4 is 5.32 Å².